The highest BCUT2D eigenvalue weighted by Gasteiger charge is 2.33. The molecule has 1 aliphatic carbocycles. The number of hydrogen-bond acceptors (Lipinski definition) is 4. The van der Waals surface area contributed by atoms with Crippen LogP contribution in [-0.2, 0) is 0 Å². The molecule has 90 valence electrons. The Bertz CT molecular complexity index is 323. The first-order chi connectivity index (χ1) is 7.63. The number of aromatic nitrogens is 3. The maximum Gasteiger partial charge on any atom is 0.137 e. The summed E-state index contributed by atoms with van der Waals surface area (Å²) in [7, 11) is 0. The fourth-order valence-electron chi connectivity index (χ4n) is 2.08. The highest BCUT2D eigenvalue weighted by Crippen LogP contribution is 2.26. The molecule has 1 aromatic rings. The van der Waals surface area contributed by atoms with Crippen molar-refractivity contribution in [2.24, 2.45) is 0 Å². The van der Waals surface area contributed by atoms with Crippen molar-refractivity contribution >= 4 is 0 Å². The zero-order chi connectivity index (χ0) is 11.6. The Kier molecular flexibility index (Phi) is 3.25. The van der Waals surface area contributed by atoms with Crippen LogP contribution in [0.4, 0.5) is 0 Å². The number of nitrogens with one attached hydrogen (secondary N) is 1. The molecular formula is C11H20N4O. The zero-order valence-electron chi connectivity index (χ0n) is 9.93. The summed E-state index contributed by atoms with van der Waals surface area (Å²) >= 11 is 0. The van der Waals surface area contributed by atoms with E-state index in [1.54, 1.807) is 12.7 Å². The molecule has 0 spiro atoms. The predicted molar refractivity (Wildman–Crippen MR) is 61.0 cm³/mol. The van der Waals surface area contributed by atoms with Crippen LogP contribution in [0.5, 0.6) is 0 Å². The molecule has 0 saturated heterocycles. The Morgan fingerprint density at radius 1 is 1.62 bits per heavy atom. The fraction of sp³-hybridized carbons (Fsp3) is 0.818. The monoisotopic (exact) mass is 224 g/mol. The summed E-state index contributed by atoms with van der Waals surface area (Å²) in [5.74, 6) is 0. The van der Waals surface area contributed by atoms with Gasteiger partial charge in [0.25, 0.3) is 0 Å². The molecule has 0 amide bonds. The van der Waals surface area contributed by atoms with Gasteiger partial charge in [-0.05, 0) is 33.1 Å². The van der Waals surface area contributed by atoms with Gasteiger partial charge in [0.15, 0.2) is 0 Å². The van der Waals surface area contributed by atoms with Gasteiger partial charge in [0, 0.05) is 11.6 Å². The van der Waals surface area contributed by atoms with E-state index < -0.39 is 0 Å². The summed E-state index contributed by atoms with van der Waals surface area (Å²) in [5, 5.41) is 17.1. The maximum atomic E-state index is 9.50. The van der Waals surface area contributed by atoms with Gasteiger partial charge in [-0.25, -0.2) is 4.98 Å². The molecular weight excluding hydrogens is 204 g/mol. The smallest absolute Gasteiger partial charge is 0.137 e. The highest BCUT2D eigenvalue weighted by molar-refractivity contribution is 4.93. The first-order valence-corrected chi connectivity index (χ1v) is 5.86. The van der Waals surface area contributed by atoms with E-state index in [-0.39, 0.29) is 18.2 Å². The van der Waals surface area contributed by atoms with Crippen LogP contribution < -0.4 is 5.32 Å². The molecule has 1 heterocycles. The molecule has 0 aromatic carbocycles. The van der Waals surface area contributed by atoms with Crippen LogP contribution in [-0.4, -0.2) is 38.1 Å². The third-order valence-corrected chi connectivity index (χ3v) is 3.11. The van der Waals surface area contributed by atoms with Gasteiger partial charge in [0.05, 0.1) is 12.6 Å². The molecule has 16 heavy (non-hydrogen) atoms. The minimum absolute atomic E-state index is 0.155. The van der Waals surface area contributed by atoms with Gasteiger partial charge >= 0.3 is 0 Å². The number of nitrogens with zero attached hydrogens (tertiary/aromatic N) is 3. The van der Waals surface area contributed by atoms with E-state index in [1.807, 2.05) is 4.68 Å². The molecule has 1 fully saturated rings. The van der Waals surface area contributed by atoms with E-state index in [1.165, 1.54) is 12.8 Å². The van der Waals surface area contributed by atoms with Crippen LogP contribution in [0.1, 0.15) is 39.2 Å². The summed E-state index contributed by atoms with van der Waals surface area (Å²) < 4.78 is 1.84. The minimum atomic E-state index is -0.216. The molecule has 5 heteroatoms. The zero-order valence-corrected chi connectivity index (χ0v) is 9.93. The van der Waals surface area contributed by atoms with Crippen molar-refractivity contribution in [2.75, 3.05) is 6.61 Å². The normalized spacial score (nSPS) is 21.7. The van der Waals surface area contributed by atoms with Gasteiger partial charge in [0.2, 0.25) is 0 Å². The largest absolute Gasteiger partial charge is 0.394 e. The van der Waals surface area contributed by atoms with Crippen molar-refractivity contribution in [3.05, 3.63) is 12.7 Å². The average molecular weight is 224 g/mol. The Morgan fingerprint density at radius 2 is 2.38 bits per heavy atom. The summed E-state index contributed by atoms with van der Waals surface area (Å²) in [5.41, 5.74) is -0.216. The quantitative estimate of drug-likeness (QED) is 0.748. The van der Waals surface area contributed by atoms with E-state index in [2.05, 4.69) is 29.2 Å². The van der Waals surface area contributed by atoms with E-state index in [4.69, 9.17) is 0 Å². The molecule has 5 nitrogen and oxygen atoms in total. The van der Waals surface area contributed by atoms with Crippen molar-refractivity contribution in [1.82, 2.24) is 20.1 Å². The average Bonchev–Trinajstić information content (AvgIpc) is 2.88. The van der Waals surface area contributed by atoms with Crippen LogP contribution in [0.15, 0.2) is 12.7 Å². The Balaban J connectivity index is 1.94. The third kappa shape index (κ3) is 2.80. The van der Waals surface area contributed by atoms with Crippen LogP contribution >= 0.6 is 0 Å². The molecule has 0 radical (unpaired) electrons. The van der Waals surface area contributed by atoms with Crippen LogP contribution in [0.25, 0.3) is 0 Å². The van der Waals surface area contributed by atoms with Gasteiger partial charge in [-0.1, -0.05) is 0 Å². The second-order valence-electron chi connectivity index (χ2n) is 5.07. The number of hydrogen-bond donors (Lipinski definition) is 2. The van der Waals surface area contributed by atoms with Crippen molar-refractivity contribution in [3.8, 4) is 0 Å². The van der Waals surface area contributed by atoms with Crippen LogP contribution in [0, 0.1) is 0 Å². The topological polar surface area (TPSA) is 63.0 Å². The summed E-state index contributed by atoms with van der Waals surface area (Å²) in [4.78, 5) is 3.94. The molecule has 2 N–H and O–H groups in total. The molecule has 1 aromatic heterocycles. The van der Waals surface area contributed by atoms with Crippen LogP contribution in [0.2, 0.25) is 0 Å². The van der Waals surface area contributed by atoms with Gasteiger partial charge < -0.3 is 10.4 Å². The maximum absolute atomic E-state index is 9.50. The minimum Gasteiger partial charge on any atom is -0.394 e. The second-order valence-corrected chi connectivity index (χ2v) is 5.07. The lowest BCUT2D eigenvalue weighted by molar-refractivity contribution is 0.147. The molecule has 1 saturated carbocycles. The molecule has 2 atom stereocenters. The Labute approximate surface area is 95.9 Å². The van der Waals surface area contributed by atoms with Gasteiger partial charge in [-0.15, -0.1) is 0 Å². The van der Waals surface area contributed by atoms with Crippen molar-refractivity contribution in [1.29, 1.82) is 0 Å². The second kappa shape index (κ2) is 4.51. The number of rotatable bonds is 6. The Morgan fingerprint density at radius 3 is 2.88 bits per heavy atom. The number of aliphatic hydroxyl groups excluding tert-OH is 1. The Hall–Kier alpha value is -0.940. The van der Waals surface area contributed by atoms with Gasteiger partial charge in [-0.3, -0.25) is 4.68 Å². The summed E-state index contributed by atoms with van der Waals surface area (Å²) in [6.45, 7) is 4.32. The van der Waals surface area contributed by atoms with E-state index in [9.17, 15) is 5.11 Å². The number of aliphatic hydroxyl groups is 1. The van der Waals surface area contributed by atoms with E-state index >= 15 is 0 Å². The lowest BCUT2D eigenvalue weighted by Gasteiger charge is -2.31. The predicted octanol–water partition coefficient (Wildman–Crippen LogP) is 0.732. The first-order valence-electron chi connectivity index (χ1n) is 5.86. The van der Waals surface area contributed by atoms with E-state index in [0.29, 0.717) is 6.04 Å². The molecule has 1 aliphatic rings. The molecule has 2 unspecified atom stereocenters. The molecule has 2 rings (SSSR count). The fourth-order valence-corrected chi connectivity index (χ4v) is 2.08. The highest BCUT2D eigenvalue weighted by atomic mass is 16.3. The standard InChI is InChI=1S/C11H20N4O/c1-9(15-8-12-7-13-15)5-11(2,6-16)14-10-3-4-10/h7-10,14,16H,3-6H2,1-2H3. The van der Waals surface area contributed by atoms with Crippen molar-refractivity contribution in [2.45, 2.75) is 50.7 Å². The van der Waals surface area contributed by atoms with Gasteiger partial charge in [-0.2, -0.15) is 5.10 Å². The van der Waals surface area contributed by atoms with Crippen molar-refractivity contribution in [3.63, 3.8) is 0 Å². The SMILES string of the molecule is CC(CC(C)(CO)NC1CC1)n1cncn1. The molecule has 0 bridgehead atoms. The summed E-state index contributed by atoms with van der Waals surface area (Å²) in [6.07, 6.45) is 6.57. The van der Waals surface area contributed by atoms with Gasteiger partial charge in [0.1, 0.15) is 12.7 Å². The first kappa shape index (κ1) is 11.5. The van der Waals surface area contributed by atoms with E-state index in [0.717, 1.165) is 6.42 Å². The lowest BCUT2D eigenvalue weighted by Crippen LogP contribution is -2.48. The van der Waals surface area contributed by atoms with Crippen LogP contribution in [0.3, 0.4) is 0 Å². The summed E-state index contributed by atoms with van der Waals surface area (Å²) in [6, 6.07) is 0.839. The van der Waals surface area contributed by atoms with Crippen molar-refractivity contribution < 1.29 is 5.11 Å². The molecule has 0 aliphatic heterocycles. The third-order valence-electron chi connectivity index (χ3n) is 3.11. The lowest BCUT2D eigenvalue weighted by atomic mass is 9.94.